The van der Waals surface area contributed by atoms with E-state index in [4.69, 9.17) is 4.42 Å². The molecule has 0 aliphatic carbocycles. The molecule has 1 heterocycles. The molecule has 0 amide bonds. The molecule has 0 fully saturated rings. The van der Waals surface area contributed by atoms with Crippen molar-refractivity contribution < 1.29 is 12.8 Å². The van der Waals surface area contributed by atoms with Crippen LogP contribution in [0, 0.1) is 6.92 Å². The summed E-state index contributed by atoms with van der Waals surface area (Å²) < 4.78 is 32.3. The number of nitrogens with one attached hydrogen (secondary N) is 2. The molecule has 0 spiro atoms. The molecular weight excluding hydrogens is 314 g/mol. The molecule has 3 rings (SSSR count). The van der Waals surface area contributed by atoms with Crippen molar-refractivity contribution in [2.45, 2.75) is 11.8 Å². The van der Waals surface area contributed by atoms with E-state index in [0.29, 0.717) is 18.1 Å². The molecule has 1 aromatic heterocycles. The summed E-state index contributed by atoms with van der Waals surface area (Å²) in [5.41, 5.74) is 2.46. The van der Waals surface area contributed by atoms with Crippen LogP contribution in [-0.2, 0) is 10.0 Å². The molecule has 0 aliphatic rings. The van der Waals surface area contributed by atoms with Gasteiger partial charge in [-0.05, 0) is 31.2 Å². The van der Waals surface area contributed by atoms with Crippen LogP contribution in [0.4, 0.5) is 6.01 Å². The smallest absolute Gasteiger partial charge is 0.295 e. The lowest BCUT2D eigenvalue weighted by atomic mass is 10.2. The van der Waals surface area contributed by atoms with Crippen LogP contribution in [0.15, 0.2) is 57.8 Å². The number of fused-ring (bicyclic) bond motifs is 1. The maximum atomic E-state index is 12.1. The van der Waals surface area contributed by atoms with E-state index < -0.39 is 10.0 Å². The van der Waals surface area contributed by atoms with Gasteiger partial charge < -0.3 is 9.73 Å². The number of hydrogen-bond donors (Lipinski definition) is 2. The number of nitrogens with zero attached hydrogens (tertiary/aromatic N) is 1. The minimum atomic E-state index is -3.50. The Morgan fingerprint density at radius 2 is 1.78 bits per heavy atom. The molecule has 0 atom stereocenters. The minimum absolute atomic E-state index is 0.231. The first kappa shape index (κ1) is 15.5. The summed E-state index contributed by atoms with van der Waals surface area (Å²) in [6.07, 6.45) is 0. The SMILES string of the molecule is Cc1ccc(S(=O)(=O)NCCNc2nc3ccccc3o2)cc1. The van der Waals surface area contributed by atoms with Crippen LogP contribution in [0.25, 0.3) is 11.1 Å². The second kappa shape index (κ2) is 6.39. The van der Waals surface area contributed by atoms with E-state index in [2.05, 4.69) is 15.0 Å². The maximum absolute atomic E-state index is 12.1. The molecule has 120 valence electrons. The van der Waals surface area contributed by atoms with E-state index in [-0.39, 0.29) is 11.4 Å². The van der Waals surface area contributed by atoms with Gasteiger partial charge in [0.1, 0.15) is 5.52 Å². The van der Waals surface area contributed by atoms with Crippen molar-refractivity contribution in [1.82, 2.24) is 9.71 Å². The lowest BCUT2D eigenvalue weighted by Crippen LogP contribution is -2.28. The molecule has 0 saturated carbocycles. The first-order valence-electron chi connectivity index (χ1n) is 7.20. The van der Waals surface area contributed by atoms with Gasteiger partial charge in [-0.1, -0.05) is 29.8 Å². The molecule has 0 saturated heterocycles. The standard InChI is InChI=1S/C16H17N3O3S/c1-12-6-8-13(9-7-12)23(20,21)18-11-10-17-16-19-14-4-2-3-5-15(14)22-16/h2-9,18H,10-11H2,1H3,(H,17,19). The summed E-state index contributed by atoms with van der Waals surface area (Å²) in [6.45, 7) is 2.51. The third-order valence-corrected chi connectivity index (χ3v) is 4.80. The minimum Gasteiger partial charge on any atom is -0.424 e. The Hall–Kier alpha value is -2.38. The fraction of sp³-hybridized carbons (Fsp3) is 0.188. The van der Waals surface area contributed by atoms with Crippen molar-refractivity contribution in [3.05, 3.63) is 54.1 Å². The lowest BCUT2D eigenvalue weighted by molar-refractivity contribution is 0.580. The number of oxazole rings is 1. The van der Waals surface area contributed by atoms with Gasteiger partial charge in [-0.25, -0.2) is 13.1 Å². The van der Waals surface area contributed by atoms with Crippen molar-refractivity contribution in [2.75, 3.05) is 18.4 Å². The third-order valence-electron chi connectivity index (χ3n) is 3.32. The summed E-state index contributed by atoms with van der Waals surface area (Å²) in [5.74, 6) is 0. The number of aromatic nitrogens is 1. The number of para-hydroxylation sites is 2. The van der Waals surface area contributed by atoms with E-state index in [1.54, 1.807) is 24.3 Å². The first-order valence-corrected chi connectivity index (χ1v) is 8.69. The zero-order valence-electron chi connectivity index (χ0n) is 12.6. The van der Waals surface area contributed by atoms with Gasteiger partial charge in [0, 0.05) is 13.1 Å². The Bertz CT molecular complexity index is 869. The van der Waals surface area contributed by atoms with Crippen LogP contribution in [-0.4, -0.2) is 26.5 Å². The summed E-state index contributed by atoms with van der Waals surface area (Å²) >= 11 is 0. The predicted octanol–water partition coefficient (Wildman–Crippen LogP) is 2.53. The highest BCUT2D eigenvalue weighted by Gasteiger charge is 2.12. The lowest BCUT2D eigenvalue weighted by Gasteiger charge is -2.07. The quantitative estimate of drug-likeness (QED) is 0.678. The van der Waals surface area contributed by atoms with Crippen LogP contribution < -0.4 is 10.0 Å². The van der Waals surface area contributed by atoms with Crippen molar-refractivity contribution in [3.8, 4) is 0 Å². The normalized spacial score (nSPS) is 11.7. The van der Waals surface area contributed by atoms with Crippen LogP contribution in [0.1, 0.15) is 5.56 Å². The molecule has 3 aromatic rings. The monoisotopic (exact) mass is 331 g/mol. The highest BCUT2D eigenvalue weighted by atomic mass is 32.2. The largest absolute Gasteiger partial charge is 0.424 e. The Morgan fingerprint density at radius 3 is 2.52 bits per heavy atom. The zero-order chi connectivity index (χ0) is 16.3. The Balaban J connectivity index is 1.55. The molecule has 0 unspecified atom stereocenters. The average molecular weight is 331 g/mol. The summed E-state index contributed by atoms with van der Waals surface area (Å²) in [4.78, 5) is 4.51. The van der Waals surface area contributed by atoms with Crippen LogP contribution >= 0.6 is 0 Å². The average Bonchev–Trinajstić information content (AvgIpc) is 2.95. The molecule has 6 nitrogen and oxygen atoms in total. The fourth-order valence-electron chi connectivity index (χ4n) is 2.10. The number of hydrogen-bond acceptors (Lipinski definition) is 5. The molecule has 7 heteroatoms. The molecule has 0 radical (unpaired) electrons. The van der Waals surface area contributed by atoms with Gasteiger partial charge in [0.2, 0.25) is 10.0 Å². The Morgan fingerprint density at radius 1 is 1.04 bits per heavy atom. The molecular formula is C16H17N3O3S. The van der Waals surface area contributed by atoms with Gasteiger partial charge in [-0.15, -0.1) is 0 Å². The van der Waals surface area contributed by atoms with Gasteiger partial charge in [-0.2, -0.15) is 4.98 Å². The van der Waals surface area contributed by atoms with Gasteiger partial charge in [0.25, 0.3) is 6.01 Å². The highest BCUT2D eigenvalue weighted by molar-refractivity contribution is 7.89. The van der Waals surface area contributed by atoms with Crippen LogP contribution in [0.5, 0.6) is 0 Å². The predicted molar refractivity (Wildman–Crippen MR) is 88.9 cm³/mol. The molecule has 0 aliphatic heterocycles. The summed E-state index contributed by atoms with van der Waals surface area (Å²) in [6, 6.07) is 14.5. The van der Waals surface area contributed by atoms with Crippen LogP contribution in [0.3, 0.4) is 0 Å². The Labute approximate surface area is 134 Å². The van der Waals surface area contributed by atoms with Crippen LogP contribution in [0.2, 0.25) is 0 Å². The number of anilines is 1. The summed E-state index contributed by atoms with van der Waals surface area (Å²) in [5, 5.41) is 2.96. The second-order valence-corrected chi connectivity index (χ2v) is 6.89. The summed E-state index contributed by atoms with van der Waals surface area (Å²) in [7, 11) is -3.50. The van der Waals surface area contributed by atoms with Crippen molar-refractivity contribution >= 4 is 27.1 Å². The number of sulfonamides is 1. The number of aryl methyl sites for hydroxylation is 1. The van der Waals surface area contributed by atoms with Crippen molar-refractivity contribution in [3.63, 3.8) is 0 Å². The second-order valence-electron chi connectivity index (χ2n) is 5.12. The van der Waals surface area contributed by atoms with Gasteiger partial charge in [0.05, 0.1) is 4.90 Å². The van der Waals surface area contributed by atoms with Gasteiger partial charge in [0.15, 0.2) is 5.58 Å². The van der Waals surface area contributed by atoms with E-state index >= 15 is 0 Å². The molecule has 2 N–H and O–H groups in total. The zero-order valence-corrected chi connectivity index (χ0v) is 13.4. The third kappa shape index (κ3) is 3.69. The van der Waals surface area contributed by atoms with Gasteiger partial charge >= 0.3 is 0 Å². The molecule has 23 heavy (non-hydrogen) atoms. The highest BCUT2D eigenvalue weighted by Crippen LogP contribution is 2.17. The number of benzene rings is 2. The van der Waals surface area contributed by atoms with Crippen molar-refractivity contribution in [2.24, 2.45) is 0 Å². The van der Waals surface area contributed by atoms with E-state index in [9.17, 15) is 8.42 Å². The van der Waals surface area contributed by atoms with E-state index in [1.807, 2.05) is 31.2 Å². The number of rotatable bonds is 6. The topological polar surface area (TPSA) is 84.2 Å². The molecule has 2 aromatic carbocycles. The maximum Gasteiger partial charge on any atom is 0.295 e. The fourth-order valence-corrected chi connectivity index (χ4v) is 3.14. The van der Waals surface area contributed by atoms with Gasteiger partial charge in [-0.3, -0.25) is 0 Å². The van der Waals surface area contributed by atoms with E-state index in [1.165, 1.54) is 0 Å². The molecule has 0 bridgehead atoms. The van der Waals surface area contributed by atoms with E-state index in [0.717, 1.165) is 11.1 Å². The first-order chi connectivity index (χ1) is 11.0. The van der Waals surface area contributed by atoms with Crippen molar-refractivity contribution in [1.29, 1.82) is 0 Å². The Kier molecular flexibility index (Phi) is 4.31.